The number of aliphatic carboxylic acids is 1. The van der Waals surface area contributed by atoms with E-state index in [1.165, 1.54) is 0 Å². The number of aliphatic hydroxyl groups is 1. The SMILES string of the molecule is CCCOc1ccc([C@@H](O)CCN[C@@H](C)C(=O)O)cc1. The zero-order valence-corrected chi connectivity index (χ0v) is 12.0. The van der Waals surface area contributed by atoms with Crippen molar-refractivity contribution in [3.05, 3.63) is 29.8 Å². The maximum absolute atomic E-state index is 10.6. The largest absolute Gasteiger partial charge is 0.494 e. The standard InChI is InChI=1S/C15H23NO4/c1-3-10-20-13-6-4-12(5-7-13)14(17)8-9-16-11(2)15(18)19/h4-7,11,14,16-17H,3,8-10H2,1-2H3,(H,18,19)/t11-,14-/m0/s1. The van der Waals surface area contributed by atoms with Crippen molar-refractivity contribution in [2.45, 2.75) is 38.8 Å². The van der Waals surface area contributed by atoms with E-state index < -0.39 is 18.1 Å². The molecule has 0 aliphatic carbocycles. The number of benzene rings is 1. The van der Waals surface area contributed by atoms with Crippen LogP contribution in [-0.4, -0.2) is 35.4 Å². The van der Waals surface area contributed by atoms with E-state index in [1.54, 1.807) is 6.92 Å². The van der Waals surface area contributed by atoms with Gasteiger partial charge >= 0.3 is 5.97 Å². The van der Waals surface area contributed by atoms with E-state index in [1.807, 2.05) is 31.2 Å². The van der Waals surface area contributed by atoms with Gasteiger partial charge in [0.05, 0.1) is 12.7 Å². The van der Waals surface area contributed by atoms with Crippen molar-refractivity contribution in [3.63, 3.8) is 0 Å². The molecule has 0 amide bonds. The first-order valence-electron chi connectivity index (χ1n) is 6.91. The van der Waals surface area contributed by atoms with Crippen LogP contribution in [0.1, 0.15) is 38.4 Å². The Morgan fingerprint density at radius 1 is 1.35 bits per heavy atom. The van der Waals surface area contributed by atoms with Crippen molar-refractivity contribution in [2.24, 2.45) is 0 Å². The van der Waals surface area contributed by atoms with E-state index in [0.717, 1.165) is 17.7 Å². The highest BCUT2D eigenvalue weighted by molar-refractivity contribution is 5.72. The molecule has 5 nitrogen and oxygen atoms in total. The third kappa shape index (κ3) is 5.59. The molecule has 3 N–H and O–H groups in total. The Kier molecular flexibility index (Phi) is 7.04. The zero-order valence-electron chi connectivity index (χ0n) is 12.0. The van der Waals surface area contributed by atoms with Crippen LogP contribution >= 0.6 is 0 Å². The molecule has 0 bridgehead atoms. The molecular formula is C15H23NO4. The lowest BCUT2D eigenvalue weighted by atomic mass is 10.1. The van der Waals surface area contributed by atoms with Crippen LogP contribution in [0, 0.1) is 0 Å². The Morgan fingerprint density at radius 3 is 2.55 bits per heavy atom. The van der Waals surface area contributed by atoms with Crippen molar-refractivity contribution in [2.75, 3.05) is 13.2 Å². The maximum atomic E-state index is 10.6. The molecule has 0 unspecified atom stereocenters. The molecule has 0 saturated carbocycles. The summed E-state index contributed by atoms with van der Waals surface area (Å²) < 4.78 is 5.47. The van der Waals surface area contributed by atoms with Crippen LogP contribution in [0.5, 0.6) is 5.75 Å². The number of aliphatic hydroxyl groups excluding tert-OH is 1. The predicted molar refractivity (Wildman–Crippen MR) is 76.9 cm³/mol. The molecule has 0 radical (unpaired) electrons. The van der Waals surface area contributed by atoms with Crippen LogP contribution in [0.15, 0.2) is 24.3 Å². The van der Waals surface area contributed by atoms with E-state index in [2.05, 4.69) is 5.32 Å². The van der Waals surface area contributed by atoms with Crippen LogP contribution in [0.2, 0.25) is 0 Å². The van der Waals surface area contributed by atoms with Crippen LogP contribution in [0.25, 0.3) is 0 Å². The summed E-state index contributed by atoms with van der Waals surface area (Å²) in [7, 11) is 0. The number of hydrogen-bond acceptors (Lipinski definition) is 4. The minimum absolute atomic E-state index is 0.447. The lowest BCUT2D eigenvalue weighted by molar-refractivity contribution is -0.139. The molecule has 1 aromatic carbocycles. The van der Waals surface area contributed by atoms with Gasteiger partial charge in [-0.1, -0.05) is 19.1 Å². The molecule has 0 spiro atoms. The summed E-state index contributed by atoms with van der Waals surface area (Å²) in [5.74, 6) is -0.0997. The van der Waals surface area contributed by atoms with Gasteiger partial charge in [0.2, 0.25) is 0 Å². The van der Waals surface area contributed by atoms with Gasteiger partial charge in [-0.25, -0.2) is 0 Å². The first-order chi connectivity index (χ1) is 9.54. The molecule has 20 heavy (non-hydrogen) atoms. The summed E-state index contributed by atoms with van der Waals surface area (Å²) in [6.45, 7) is 4.75. The van der Waals surface area contributed by atoms with Gasteiger partial charge in [0.1, 0.15) is 11.8 Å². The van der Waals surface area contributed by atoms with Crippen LogP contribution < -0.4 is 10.1 Å². The Balaban J connectivity index is 2.39. The summed E-state index contributed by atoms with van der Waals surface area (Å²) in [5, 5.41) is 21.6. The number of ether oxygens (including phenoxy) is 1. The average Bonchev–Trinajstić information content (AvgIpc) is 2.45. The van der Waals surface area contributed by atoms with Gasteiger partial charge in [0, 0.05) is 0 Å². The first-order valence-corrected chi connectivity index (χ1v) is 6.91. The number of rotatable bonds is 9. The lowest BCUT2D eigenvalue weighted by Gasteiger charge is -2.14. The van der Waals surface area contributed by atoms with Gasteiger partial charge in [-0.15, -0.1) is 0 Å². The fraction of sp³-hybridized carbons (Fsp3) is 0.533. The second kappa shape index (κ2) is 8.55. The quantitative estimate of drug-likeness (QED) is 0.645. The smallest absolute Gasteiger partial charge is 0.320 e. The van der Waals surface area contributed by atoms with E-state index in [0.29, 0.717) is 19.6 Å². The third-order valence-electron chi connectivity index (χ3n) is 2.98. The number of carboxylic acid groups (broad SMARTS) is 1. The molecular weight excluding hydrogens is 258 g/mol. The summed E-state index contributed by atoms with van der Waals surface area (Å²) in [5.41, 5.74) is 0.804. The van der Waals surface area contributed by atoms with E-state index in [9.17, 15) is 9.90 Å². The minimum Gasteiger partial charge on any atom is -0.494 e. The fourth-order valence-electron chi connectivity index (χ4n) is 1.70. The van der Waals surface area contributed by atoms with Crippen molar-refractivity contribution < 1.29 is 19.7 Å². The Morgan fingerprint density at radius 2 is 2.00 bits per heavy atom. The second-order valence-electron chi connectivity index (χ2n) is 4.74. The van der Waals surface area contributed by atoms with E-state index >= 15 is 0 Å². The molecule has 5 heteroatoms. The van der Waals surface area contributed by atoms with Gasteiger partial charge in [0.25, 0.3) is 0 Å². The number of nitrogens with one attached hydrogen (secondary N) is 1. The molecule has 2 atom stereocenters. The normalized spacial score (nSPS) is 13.8. The van der Waals surface area contributed by atoms with Crippen molar-refractivity contribution >= 4 is 5.97 Å². The summed E-state index contributed by atoms with van der Waals surface area (Å²) in [6, 6.07) is 6.72. The molecule has 0 fully saturated rings. The molecule has 0 aliphatic rings. The van der Waals surface area contributed by atoms with Crippen LogP contribution in [0.3, 0.4) is 0 Å². The van der Waals surface area contributed by atoms with E-state index in [4.69, 9.17) is 9.84 Å². The Labute approximate surface area is 119 Å². The van der Waals surface area contributed by atoms with Gasteiger partial charge in [-0.05, 0) is 44.0 Å². The van der Waals surface area contributed by atoms with Gasteiger partial charge in [-0.2, -0.15) is 0 Å². The molecule has 1 aromatic rings. The number of hydrogen-bond donors (Lipinski definition) is 3. The Hall–Kier alpha value is -1.59. The Bertz CT molecular complexity index is 405. The second-order valence-corrected chi connectivity index (χ2v) is 4.74. The predicted octanol–water partition coefficient (Wildman–Crippen LogP) is 1.96. The monoisotopic (exact) mass is 281 g/mol. The highest BCUT2D eigenvalue weighted by Crippen LogP contribution is 2.20. The number of carbonyl (C=O) groups is 1. The lowest BCUT2D eigenvalue weighted by Crippen LogP contribution is -2.34. The summed E-state index contributed by atoms with van der Waals surface area (Å²) in [6.07, 6.45) is 0.814. The number of carboxylic acids is 1. The fourth-order valence-corrected chi connectivity index (χ4v) is 1.70. The van der Waals surface area contributed by atoms with Crippen LogP contribution in [0.4, 0.5) is 0 Å². The van der Waals surface area contributed by atoms with Gasteiger partial charge < -0.3 is 20.3 Å². The van der Waals surface area contributed by atoms with Gasteiger partial charge in [-0.3, -0.25) is 4.79 Å². The van der Waals surface area contributed by atoms with E-state index in [-0.39, 0.29) is 0 Å². The van der Waals surface area contributed by atoms with Crippen molar-refractivity contribution in [1.29, 1.82) is 0 Å². The summed E-state index contributed by atoms with van der Waals surface area (Å²) >= 11 is 0. The molecule has 0 heterocycles. The van der Waals surface area contributed by atoms with Crippen molar-refractivity contribution in [3.8, 4) is 5.75 Å². The molecule has 1 rings (SSSR count). The molecule has 0 aliphatic heterocycles. The highest BCUT2D eigenvalue weighted by Gasteiger charge is 2.12. The van der Waals surface area contributed by atoms with Gasteiger partial charge in [0.15, 0.2) is 0 Å². The first kappa shape index (κ1) is 16.5. The third-order valence-corrected chi connectivity index (χ3v) is 2.98. The molecule has 0 saturated heterocycles. The summed E-state index contributed by atoms with van der Waals surface area (Å²) in [4.78, 5) is 10.6. The molecule has 0 aromatic heterocycles. The maximum Gasteiger partial charge on any atom is 0.320 e. The average molecular weight is 281 g/mol. The van der Waals surface area contributed by atoms with Crippen LogP contribution in [-0.2, 0) is 4.79 Å². The van der Waals surface area contributed by atoms with Crippen molar-refractivity contribution in [1.82, 2.24) is 5.32 Å². The molecule has 112 valence electrons. The topological polar surface area (TPSA) is 78.8 Å². The minimum atomic E-state index is -0.892. The zero-order chi connectivity index (χ0) is 15.0. The highest BCUT2D eigenvalue weighted by atomic mass is 16.5.